The third kappa shape index (κ3) is 3.00. The van der Waals surface area contributed by atoms with Crippen LogP contribution in [0.5, 0.6) is 5.75 Å². The Bertz CT molecular complexity index is 1130. The molecule has 0 aliphatic carbocycles. The van der Waals surface area contributed by atoms with Crippen LogP contribution in [0.25, 0.3) is 21.8 Å². The number of benzene rings is 3. The van der Waals surface area contributed by atoms with Gasteiger partial charge in [-0.3, -0.25) is 0 Å². The van der Waals surface area contributed by atoms with Gasteiger partial charge in [0, 0.05) is 16.6 Å². The van der Waals surface area contributed by atoms with Crippen molar-refractivity contribution in [1.29, 1.82) is 0 Å². The lowest BCUT2D eigenvalue weighted by Crippen LogP contribution is -2.31. The lowest BCUT2D eigenvalue weighted by molar-refractivity contribution is -0.617. The van der Waals surface area contributed by atoms with Gasteiger partial charge in [0.05, 0.1) is 16.3 Å². The molecule has 0 N–H and O–H groups in total. The number of hydrogen-bond acceptors (Lipinski definition) is 2. The van der Waals surface area contributed by atoms with E-state index >= 15 is 0 Å². The molecule has 4 rings (SSSR count). The van der Waals surface area contributed by atoms with Gasteiger partial charge in [-0.25, -0.2) is 4.79 Å². The van der Waals surface area contributed by atoms with Gasteiger partial charge in [0.2, 0.25) is 11.0 Å². The molecule has 4 heteroatoms. The number of aromatic nitrogens is 1. The number of ether oxygens (including phenoxy) is 1. The average Bonchev–Trinajstić information content (AvgIpc) is 2.65. The van der Waals surface area contributed by atoms with E-state index in [-0.39, 0.29) is 5.97 Å². The van der Waals surface area contributed by atoms with Crippen LogP contribution >= 0.6 is 15.9 Å². The van der Waals surface area contributed by atoms with Gasteiger partial charge in [0.1, 0.15) is 12.8 Å². The van der Waals surface area contributed by atoms with Crippen LogP contribution in [0.3, 0.4) is 0 Å². The highest BCUT2D eigenvalue weighted by atomic mass is 79.9. The minimum absolute atomic E-state index is 0.337. The lowest BCUT2D eigenvalue weighted by Gasteiger charge is -2.13. The average molecular weight is 421 g/mol. The number of hydrogen-bond donors (Lipinski definition) is 0. The van der Waals surface area contributed by atoms with Crippen LogP contribution in [0.15, 0.2) is 65.1 Å². The minimum atomic E-state index is -0.337. The van der Waals surface area contributed by atoms with E-state index in [1.165, 1.54) is 0 Å². The van der Waals surface area contributed by atoms with Crippen molar-refractivity contribution in [2.75, 3.05) is 0 Å². The van der Waals surface area contributed by atoms with Crippen molar-refractivity contribution in [1.82, 2.24) is 0 Å². The van der Waals surface area contributed by atoms with E-state index in [9.17, 15) is 4.79 Å². The second-order valence-corrected chi connectivity index (χ2v) is 7.64. The molecule has 0 fully saturated rings. The number of esters is 1. The highest BCUT2D eigenvalue weighted by Gasteiger charge is 2.24. The summed E-state index contributed by atoms with van der Waals surface area (Å²) >= 11 is 3.49. The summed E-state index contributed by atoms with van der Waals surface area (Å²) in [5, 5.41) is 1.77. The molecule has 0 bridgehead atoms. The molecular weight excluding hydrogens is 402 g/mol. The first-order valence-corrected chi connectivity index (χ1v) is 9.55. The van der Waals surface area contributed by atoms with Crippen molar-refractivity contribution >= 4 is 43.7 Å². The van der Waals surface area contributed by atoms with Crippen LogP contribution in [0.1, 0.15) is 21.5 Å². The quantitative estimate of drug-likeness (QED) is 0.187. The number of pyridine rings is 1. The molecule has 3 nitrogen and oxygen atoms in total. The molecule has 0 amide bonds. The number of para-hydroxylation sites is 2. The third-order valence-electron chi connectivity index (χ3n) is 4.89. The van der Waals surface area contributed by atoms with Crippen molar-refractivity contribution in [3.63, 3.8) is 0 Å². The number of aryl methyl sites for hydroxylation is 3. The van der Waals surface area contributed by atoms with E-state index < -0.39 is 0 Å². The van der Waals surface area contributed by atoms with E-state index in [0.717, 1.165) is 37.4 Å². The maximum atomic E-state index is 13.3. The molecule has 134 valence electrons. The van der Waals surface area contributed by atoms with Gasteiger partial charge in [0.25, 0.3) is 0 Å². The summed E-state index contributed by atoms with van der Waals surface area (Å²) in [6, 6.07) is 19.8. The molecule has 0 radical (unpaired) electrons. The first kappa shape index (κ1) is 17.7. The smallest absolute Gasteiger partial charge is 0.345 e. The van der Waals surface area contributed by atoms with Crippen LogP contribution in [0, 0.1) is 13.8 Å². The molecule has 27 heavy (non-hydrogen) atoms. The summed E-state index contributed by atoms with van der Waals surface area (Å²) < 4.78 is 8.98. The highest BCUT2D eigenvalue weighted by Crippen LogP contribution is 2.30. The standard InChI is InChI=1S/C23H19BrNO2/c1-14-12-16(24)13-15(2)22(14)27-23(26)21-17-8-4-6-10-19(17)25(3)20-11-7-5-9-18(20)21/h4-13H,1-3H3/q+1. The molecule has 1 aromatic heterocycles. The predicted molar refractivity (Wildman–Crippen MR) is 111 cm³/mol. The molecule has 0 unspecified atom stereocenters. The zero-order chi connectivity index (χ0) is 19.1. The van der Waals surface area contributed by atoms with E-state index in [1.54, 1.807) is 0 Å². The fourth-order valence-electron chi connectivity index (χ4n) is 3.65. The van der Waals surface area contributed by atoms with Crippen molar-refractivity contribution in [2.24, 2.45) is 7.05 Å². The summed E-state index contributed by atoms with van der Waals surface area (Å²) in [4.78, 5) is 13.3. The first-order chi connectivity index (χ1) is 13.0. The van der Waals surface area contributed by atoms with Crippen LogP contribution < -0.4 is 9.30 Å². The Morgan fingerprint density at radius 2 is 1.37 bits per heavy atom. The molecule has 0 saturated heterocycles. The summed E-state index contributed by atoms with van der Waals surface area (Å²) in [7, 11) is 2.02. The Hall–Kier alpha value is -2.72. The predicted octanol–water partition coefficient (Wildman–Crippen LogP) is 5.42. The van der Waals surface area contributed by atoms with Crippen LogP contribution in [-0.2, 0) is 7.05 Å². The van der Waals surface area contributed by atoms with Gasteiger partial charge in [-0.05, 0) is 49.2 Å². The van der Waals surface area contributed by atoms with Gasteiger partial charge < -0.3 is 4.74 Å². The van der Waals surface area contributed by atoms with Crippen molar-refractivity contribution in [2.45, 2.75) is 13.8 Å². The van der Waals surface area contributed by atoms with Gasteiger partial charge in [0.15, 0.2) is 0 Å². The topological polar surface area (TPSA) is 30.2 Å². The van der Waals surface area contributed by atoms with Crippen LogP contribution in [0.2, 0.25) is 0 Å². The largest absolute Gasteiger partial charge is 0.422 e. The number of fused-ring (bicyclic) bond motifs is 2. The number of nitrogens with zero attached hydrogens (tertiary/aromatic N) is 1. The Balaban J connectivity index is 1.95. The molecule has 0 saturated carbocycles. The van der Waals surface area contributed by atoms with Gasteiger partial charge in [-0.2, -0.15) is 4.57 Å². The summed E-state index contributed by atoms with van der Waals surface area (Å²) in [6.45, 7) is 3.89. The number of rotatable bonds is 2. The first-order valence-electron chi connectivity index (χ1n) is 8.76. The molecule has 4 aromatic rings. The highest BCUT2D eigenvalue weighted by molar-refractivity contribution is 9.10. The third-order valence-corrected chi connectivity index (χ3v) is 5.35. The fraction of sp³-hybridized carbons (Fsp3) is 0.130. The van der Waals surface area contributed by atoms with Crippen LogP contribution in [0.4, 0.5) is 0 Å². The molecular formula is C23H19BrNO2+. The monoisotopic (exact) mass is 420 g/mol. The lowest BCUT2D eigenvalue weighted by atomic mass is 10.0. The second-order valence-electron chi connectivity index (χ2n) is 6.73. The summed E-state index contributed by atoms with van der Waals surface area (Å²) in [6.07, 6.45) is 0. The maximum Gasteiger partial charge on any atom is 0.345 e. The Morgan fingerprint density at radius 1 is 0.889 bits per heavy atom. The van der Waals surface area contributed by atoms with Gasteiger partial charge in [-0.1, -0.05) is 40.2 Å². The number of carbonyl (C=O) groups excluding carboxylic acids is 1. The Morgan fingerprint density at radius 3 is 1.89 bits per heavy atom. The van der Waals surface area contributed by atoms with Crippen molar-refractivity contribution in [3.05, 3.63) is 81.8 Å². The molecule has 1 heterocycles. The second kappa shape index (κ2) is 6.78. The maximum absolute atomic E-state index is 13.3. The van der Waals surface area contributed by atoms with Gasteiger partial charge >= 0.3 is 5.97 Å². The molecule has 3 aromatic carbocycles. The van der Waals surface area contributed by atoms with Crippen molar-refractivity contribution in [3.8, 4) is 5.75 Å². The zero-order valence-corrected chi connectivity index (χ0v) is 17.0. The van der Waals surface area contributed by atoms with E-state index in [2.05, 4.69) is 20.5 Å². The molecule has 0 aliphatic rings. The Labute approximate surface area is 166 Å². The van der Waals surface area contributed by atoms with Gasteiger partial charge in [-0.15, -0.1) is 0 Å². The van der Waals surface area contributed by atoms with Crippen molar-refractivity contribution < 1.29 is 14.1 Å². The molecule has 0 spiro atoms. The SMILES string of the molecule is Cc1cc(Br)cc(C)c1OC(=O)c1c2ccccc2[n+](C)c2ccccc12. The van der Waals surface area contributed by atoms with Crippen LogP contribution in [-0.4, -0.2) is 5.97 Å². The molecule has 0 atom stereocenters. The Kier molecular flexibility index (Phi) is 4.44. The fourth-order valence-corrected chi connectivity index (χ4v) is 4.34. The molecule has 0 aliphatic heterocycles. The minimum Gasteiger partial charge on any atom is -0.422 e. The zero-order valence-electron chi connectivity index (χ0n) is 15.4. The number of halogens is 1. The van der Waals surface area contributed by atoms with E-state index in [4.69, 9.17) is 4.74 Å². The number of carbonyl (C=O) groups is 1. The van der Waals surface area contributed by atoms with E-state index in [0.29, 0.717) is 11.3 Å². The summed E-state index contributed by atoms with van der Waals surface area (Å²) in [5.41, 5.74) is 4.43. The van der Waals surface area contributed by atoms with E-state index in [1.807, 2.05) is 81.6 Å². The normalized spacial score (nSPS) is 11.1. The summed E-state index contributed by atoms with van der Waals surface area (Å²) in [5.74, 6) is 0.279.